The molecule has 0 saturated heterocycles. The van der Waals surface area contributed by atoms with E-state index in [-0.39, 0.29) is 11.5 Å². The number of rotatable bonds is 7. The van der Waals surface area contributed by atoms with Crippen LogP contribution in [0.3, 0.4) is 0 Å². The van der Waals surface area contributed by atoms with Gasteiger partial charge in [0.2, 0.25) is 0 Å². The van der Waals surface area contributed by atoms with E-state index in [4.69, 9.17) is 4.74 Å². The van der Waals surface area contributed by atoms with Gasteiger partial charge in [-0.15, -0.1) is 0 Å². The molecule has 2 atom stereocenters. The molecule has 6 nitrogen and oxygen atoms in total. The maximum absolute atomic E-state index is 11.8. The van der Waals surface area contributed by atoms with E-state index in [9.17, 15) is 4.79 Å². The molecule has 0 radical (unpaired) electrons. The first-order valence-corrected chi connectivity index (χ1v) is 8.84. The van der Waals surface area contributed by atoms with Crippen LogP contribution >= 0.6 is 0 Å². The summed E-state index contributed by atoms with van der Waals surface area (Å²) in [7, 11) is 0. The third-order valence-corrected chi connectivity index (χ3v) is 4.91. The highest BCUT2D eigenvalue weighted by Crippen LogP contribution is 2.45. The van der Waals surface area contributed by atoms with Crippen LogP contribution in [0.15, 0.2) is 18.7 Å². The number of carbonyl (C=O) groups excluding carboxylic acids is 1. The van der Waals surface area contributed by atoms with E-state index in [1.807, 2.05) is 39.5 Å². The molecule has 1 saturated carbocycles. The molecule has 1 aromatic heterocycles. The van der Waals surface area contributed by atoms with Gasteiger partial charge in [-0.25, -0.2) is 9.78 Å². The summed E-state index contributed by atoms with van der Waals surface area (Å²) in [4.78, 5) is 15.8. The standard InChI is InChI=1S/C18H32N4O2/c1-17(2,3)24-16(23)21-12-14-11-15(18(14,4)5)20-7-6-9-22-10-8-19-13-22/h8,10,13-15,20H,6-7,9,11-12H2,1-5H3,(H,21,23). The number of aromatic nitrogens is 2. The van der Waals surface area contributed by atoms with Crippen LogP contribution in [0.25, 0.3) is 0 Å². The SMILES string of the molecule is CC(C)(C)OC(=O)NCC1CC(NCCCn2ccnc2)C1(C)C. The van der Waals surface area contributed by atoms with Crippen molar-refractivity contribution in [3.63, 3.8) is 0 Å². The van der Waals surface area contributed by atoms with Crippen LogP contribution in [-0.4, -0.2) is 40.4 Å². The van der Waals surface area contributed by atoms with Crippen LogP contribution in [0, 0.1) is 11.3 Å². The van der Waals surface area contributed by atoms with Gasteiger partial charge in [0, 0.05) is 31.5 Å². The first kappa shape index (κ1) is 18.8. The van der Waals surface area contributed by atoms with Gasteiger partial charge < -0.3 is 19.9 Å². The molecule has 136 valence electrons. The van der Waals surface area contributed by atoms with Crippen LogP contribution in [0.1, 0.15) is 47.5 Å². The Labute approximate surface area is 145 Å². The monoisotopic (exact) mass is 336 g/mol. The lowest BCUT2D eigenvalue weighted by atomic mass is 9.58. The van der Waals surface area contributed by atoms with Crippen molar-refractivity contribution in [2.24, 2.45) is 11.3 Å². The fourth-order valence-corrected chi connectivity index (χ4v) is 3.19. The number of nitrogens with zero attached hydrogens (tertiary/aromatic N) is 2. The lowest BCUT2D eigenvalue weighted by Crippen LogP contribution is -2.59. The van der Waals surface area contributed by atoms with E-state index in [0.29, 0.717) is 18.5 Å². The van der Waals surface area contributed by atoms with Gasteiger partial charge in [-0.05, 0) is 51.5 Å². The first-order chi connectivity index (χ1) is 11.2. The fraction of sp³-hybridized carbons (Fsp3) is 0.778. The van der Waals surface area contributed by atoms with E-state index in [0.717, 1.165) is 25.9 Å². The van der Waals surface area contributed by atoms with Gasteiger partial charge >= 0.3 is 6.09 Å². The van der Waals surface area contributed by atoms with Gasteiger partial charge in [-0.3, -0.25) is 0 Å². The largest absolute Gasteiger partial charge is 0.444 e. The van der Waals surface area contributed by atoms with E-state index < -0.39 is 5.60 Å². The smallest absolute Gasteiger partial charge is 0.407 e. The molecule has 2 unspecified atom stereocenters. The maximum Gasteiger partial charge on any atom is 0.407 e. The number of nitrogens with one attached hydrogen (secondary N) is 2. The summed E-state index contributed by atoms with van der Waals surface area (Å²) >= 11 is 0. The second-order valence-corrected chi connectivity index (χ2v) is 8.30. The van der Waals surface area contributed by atoms with E-state index in [2.05, 4.69) is 34.0 Å². The normalized spacial score (nSPS) is 22.7. The minimum absolute atomic E-state index is 0.185. The number of aryl methyl sites for hydroxylation is 1. The van der Waals surface area contributed by atoms with Gasteiger partial charge in [0.25, 0.3) is 0 Å². The fourth-order valence-electron chi connectivity index (χ4n) is 3.19. The Morgan fingerprint density at radius 3 is 2.75 bits per heavy atom. The molecule has 0 bridgehead atoms. The van der Waals surface area contributed by atoms with E-state index in [1.54, 1.807) is 0 Å². The van der Waals surface area contributed by atoms with Crippen molar-refractivity contribution >= 4 is 6.09 Å². The summed E-state index contributed by atoms with van der Waals surface area (Å²) < 4.78 is 7.39. The van der Waals surface area contributed by atoms with Gasteiger partial charge in [-0.1, -0.05) is 13.8 Å². The van der Waals surface area contributed by atoms with Crippen molar-refractivity contribution in [1.29, 1.82) is 0 Å². The molecule has 0 aromatic carbocycles. The third kappa shape index (κ3) is 5.23. The zero-order valence-electron chi connectivity index (χ0n) is 15.6. The molecule has 1 aliphatic rings. The lowest BCUT2D eigenvalue weighted by Gasteiger charge is -2.52. The average Bonchev–Trinajstić information content (AvgIpc) is 2.96. The zero-order valence-corrected chi connectivity index (χ0v) is 15.6. The molecule has 6 heteroatoms. The van der Waals surface area contributed by atoms with Crippen LogP contribution < -0.4 is 10.6 Å². The van der Waals surface area contributed by atoms with Crippen molar-refractivity contribution in [2.75, 3.05) is 13.1 Å². The highest BCUT2D eigenvalue weighted by molar-refractivity contribution is 5.67. The number of imidazole rings is 1. The van der Waals surface area contributed by atoms with Crippen LogP contribution in [0.5, 0.6) is 0 Å². The molecule has 1 heterocycles. The molecule has 1 aromatic rings. The van der Waals surface area contributed by atoms with Gasteiger partial charge in [0.05, 0.1) is 6.33 Å². The predicted molar refractivity (Wildman–Crippen MR) is 94.8 cm³/mol. The van der Waals surface area contributed by atoms with Crippen LogP contribution in [-0.2, 0) is 11.3 Å². The van der Waals surface area contributed by atoms with Crippen LogP contribution in [0.2, 0.25) is 0 Å². The minimum atomic E-state index is -0.446. The summed E-state index contributed by atoms with van der Waals surface area (Å²) in [6.45, 7) is 12.8. The third-order valence-electron chi connectivity index (χ3n) is 4.91. The Kier molecular flexibility index (Phi) is 5.91. The molecule has 1 amide bonds. The Balaban J connectivity index is 1.63. The number of amides is 1. The summed E-state index contributed by atoms with van der Waals surface area (Å²) in [6.07, 6.45) is 7.51. The van der Waals surface area contributed by atoms with Gasteiger partial charge in [0.1, 0.15) is 5.60 Å². The average molecular weight is 336 g/mol. The highest BCUT2D eigenvalue weighted by atomic mass is 16.6. The number of hydrogen-bond donors (Lipinski definition) is 2. The molecule has 0 aliphatic heterocycles. The Morgan fingerprint density at radius 1 is 1.42 bits per heavy atom. The number of carbonyl (C=O) groups is 1. The highest BCUT2D eigenvalue weighted by Gasteiger charge is 2.47. The van der Waals surface area contributed by atoms with Crippen LogP contribution in [0.4, 0.5) is 4.79 Å². The summed E-state index contributed by atoms with van der Waals surface area (Å²) in [5.74, 6) is 0.483. The molecular formula is C18H32N4O2. The Morgan fingerprint density at radius 2 is 2.17 bits per heavy atom. The molecular weight excluding hydrogens is 304 g/mol. The second kappa shape index (κ2) is 7.55. The Hall–Kier alpha value is -1.56. The summed E-state index contributed by atoms with van der Waals surface area (Å²) in [5.41, 5.74) is -0.261. The second-order valence-electron chi connectivity index (χ2n) is 8.30. The molecule has 0 spiro atoms. The van der Waals surface area contributed by atoms with Crippen molar-refractivity contribution in [2.45, 2.75) is 65.6 Å². The Bertz CT molecular complexity index is 520. The topological polar surface area (TPSA) is 68.2 Å². The summed E-state index contributed by atoms with van der Waals surface area (Å²) in [5, 5.41) is 6.55. The number of hydrogen-bond acceptors (Lipinski definition) is 4. The number of ether oxygens (including phenoxy) is 1. The molecule has 1 fully saturated rings. The maximum atomic E-state index is 11.8. The van der Waals surface area contributed by atoms with Crippen molar-refractivity contribution in [1.82, 2.24) is 20.2 Å². The van der Waals surface area contributed by atoms with Crippen molar-refractivity contribution < 1.29 is 9.53 Å². The lowest BCUT2D eigenvalue weighted by molar-refractivity contribution is 0.00894. The minimum Gasteiger partial charge on any atom is -0.444 e. The number of alkyl carbamates (subject to hydrolysis) is 1. The molecule has 1 aliphatic carbocycles. The van der Waals surface area contributed by atoms with E-state index >= 15 is 0 Å². The van der Waals surface area contributed by atoms with Gasteiger partial charge in [-0.2, -0.15) is 0 Å². The quantitative estimate of drug-likeness (QED) is 0.751. The predicted octanol–water partition coefficient (Wildman–Crippen LogP) is 2.80. The molecule has 2 rings (SSSR count). The van der Waals surface area contributed by atoms with E-state index in [1.165, 1.54) is 0 Å². The zero-order chi connectivity index (χ0) is 17.8. The molecule has 2 N–H and O–H groups in total. The van der Waals surface area contributed by atoms with Gasteiger partial charge in [0.15, 0.2) is 0 Å². The first-order valence-electron chi connectivity index (χ1n) is 8.84. The molecule has 24 heavy (non-hydrogen) atoms. The van der Waals surface area contributed by atoms with Crippen molar-refractivity contribution in [3.8, 4) is 0 Å². The summed E-state index contributed by atoms with van der Waals surface area (Å²) in [6, 6.07) is 0.505. The van der Waals surface area contributed by atoms with Crippen molar-refractivity contribution in [3.05, 3.63) is 18.7 Å².